The summed E-state index contributed by atoms with van der Waals surface area (Å²) in [7, 11) is 2.98. The van der Waals surface area contributed by atoms with E-state index in [0.29, 0.717) is 23.7 Å². The van der Waals surface area contributed by atoms with Crippen molar-refractivity contribution in [1.82, 2.24) is 5.32 Å². The van der Waals surface area contributed by atoms with E-state index in [1.54, 1.807) is 12.1 Å². The summed E-state index contributed by atoms with van der Waals surface area (Å²) in [4.78, 5) is 22.7. The number of rotatable bonds is 6. The number of amides is 1. The molecule has 0 unspecified atom stereocenters. The van der Waals surface area contributed by atoms with Gasteiger partial charge in [0.15, 0.2) is 18.1 Å². The molecule has 1 aromatic rings. The van der Waals surface area contributed by atoms with Gasteiger partial charge in [-0.25, -0.2) is 4.79 Å². The van der Waals surface area contributed by atoms with Crippen LogP contribution in [0.4, 0.5) is 0 Å². The maximum absolute atomic E-state index is 11.7. The third-order valence-electron chi connectivity index (χ3n) is 2.31. The number of esters is 1. The Morgan fingerprint density at radius 3 is 2.58 bits per heavy atom. The van der Waals surface area contributed by atoms with Gasteiger partial charge >= 0.3 is 5.97 Å². The highest BCUT2D eigenvalue weighted by Gasteiger charge is 2.13. The minimum Gasteiger partial charge on any atom is -0.493 e. The van der Waals surface area contributed by atoms with Crippen molar-refractivity contribution >= 4 is 11.9 Å². The zero-order chi connectivity index (χ0) is 14.3. The van der Waals surface area contributed by atoms with Gasteiger partial charge in [0.1, 0.15) is 0 Å². The van der Waals surface area contributed by atoms with Crippen molar-refractivity contribution in [3.8, 4) is 11.5 Å². The number of hydrogen-bond acceptors (Lipinski definition) is 5. The highest BCUT2D eigenvalue weighted by atomic mass is 16.5. The Balaban J connectivity index is 2.80. The molecule has 1 N–H and O–H groups in total. The molecule has 0 bridgehead atoms. The lowest BCUT2D eigenvalue weighted by atomic mass is 10.2. The van der Waals surface area contributed by atoms with E-state index in [1.165, 1.54) is 20.2 Å². The highest BCUT2D eigenvalue weighted by Crippen LogP contribution is 2.28. The van der Waals surface area contributed by atoms with Crippen molar-refractivity contribution in [2.24, 2.45) is 0 Å². The predicted octanol–water partition coefficient (Wildman–Crippen LogP) is 0.997. The highest BCUT2D eigenvalue weighted by molar-refractivity contribution is 5.92. The summed E-state index contributed by atoms with van der Waals surface area (Å²) >= 11 is 0. The number of ether oxygens (including phenoxy) is 3. The van der Waals surface area contributed by atoms with Crippen LogP contribution in [0.15, 0.2) is 18.2 Å². The van der Waals surface area contributed by atoms with Gasteiger partial charge in [-0.3, -0.25) is 4.79 Å². The first kappa shape index (κ1) is 14.8. The number of nitrogens with one attached hydrogen (secondary N) is 1. The van der Waals surface area contributed by atoms with Crippen molar-refractivity contribution in [2.45, 2.75) is 6.92 Å². The van der Waals surface area contributed by atoms with Gasteiger partial charge in [0, 0.05) is 7.05 Å². The van der Waals surface area contributed by atoms with Crippen molar-refractivity contribution < 1.29 is 23.8 Å². The molecular formula is C13H17NO5. The van der Waals surface area contributed by atoms with Crippen molar-refractivity contribution in [3.05, 3.63) is 23.8 Å². The molecule has 0 spiro atoms. The van der Waals surface area contributed by atoms with E-state index in [9.17, 15) is 9.59 Å². The number of methoxy groups -OCH3 is 1. The number of likely N-dealkylation sites (N-methyl/N-ethyl adjacent to an activating group) is 1. The van der Waals surface area contributed by atoms with E-state index in [2.05, 4.69) is 5.32 Å². The molecule has 0 aliphatic carbocycles. The molecule has 0 saturated carbocycles. The molecule has 0 aliphatic heterocycles. The van der Waals surface area contributed by atoms with Crippen LogP contribution in [0.25, 0.3) is 0 Å². The van der Waals surface area contributed by atoms with Gasteiger partial charge < -0.3 is 19.5 Å². The van der Waals surface area contributed by atoms with Crippen molar-refractivity contribution in [1.29, 1.82) is 0 Å². The maximum Gasteiger partial charge on any atom is 0.338 e. The Morgan fingerprint density at radius 2 is 2.00 bits per heavy atom. The normalized spacial score (nSPS) is 9.63. The first-order chi connectivity index (χ1) is 9.12. The summed E-state index contributed by atoms with van der Waals surface area (Å²) in [6, 6.07) is 4.68. The largest absolute Gasteiger partial charge is 0.493 e. The molecule has 0 saturated heterocycles. The fourth-order valence-electron chi connectivity index (χ4n) is 1.36. The van der Waals surface area contributed by atoms with Crippen molar-refractivity contribution in [3.63, 3.8) is 0 Å². The second-order valence-corrected chi connectivity index (χ2v) is 3.55. The van der Waals surface area contributed by atoms with Crippen LogP contribution in [0, 0.1) is 0 Å². The minimum absolute atomic E-state index is 0.299. The molecule has 0 fully saturated rings. The monoisotopic (exact) mass is 267 g/mol. The lowest BCUT2D eigenvalue weighted by molar-refractivity contribution is -0.123. The van der Waals surface area contributed by atoms with Crippen LogP contribution in [0.5, 0.6) is 11.5 Å². The van der Waals surface area contributed by atoms with Crippen LogP contribution < -0.4 is 14.8 Å². The lowest BCUT2D eigenvalue weighted by Gasteiger charge is -2.10. The Hall–Kier alpha value is -2.24. The van der Waals surface area contributed by atoms with E-state index in [1.807, 2.05) is 6.92 Å². The van der Waals surface area contributed by atoms with E-state index >= 15 is 0 Å². The molecule has 0 aliphatic rings. The van der Waals surface area contributed by atoms with Gasteiger partial charge in [-0.2, -0.15) is 0 Å². The van der Waals surface area contributed by atoms with Gasteiger partial charge in [-0.15, -0.1) is 0 Å². The van der Waals surface area contributed by atoms with Gasteiger partial charge in [-0.05, 0) is 25.1 Å². The summed E-state index contributed by atoms with van der Waals surface area (Å²) in [6.07, 6.45) is 0. The lowest BCUT2D eigenvalue weighted by Crippen LogP contribution is -2.25. The third-order valence-corrected chi connectivity index (χ3v) is 2.31. The van der Waals surface area contributed by atoms with Crippen LogP contribution >= 0.6 is 0 Å². The van der Waals surface area contributed by atoms with E-state index in [0.717, 1.165) is 0 Å². The van der Waals surface area contributed by atoms with E-state index in [4.69, 9.17) is 14.2 Å². The molecule has 1 aromatic carbocycles. The summed E-state index contributed by atoms with van der Waals surface area (Å²) in [5, 5.41) is 2.36. The second-order valence-electron chi connectivity index (χ2n) is 3.55. The molecule has 6 heteroatoms. The standard InChI is InChI=1S/C13H17NO5/c1-4-18-11-7-9(5-6-10(11)17-3)13(16)19-8-12(15)14-2/h5-7H,4,8H2,1-3H3,(H,14,15). The summed E-state index contributed by atoms with van der Waals surface area (Å²) in [5.41, 5.74) is 0.299. The molecule has 6 nitrogen and oxygen atoms in total. The Bertz CT molecular complexity index is 458. The Labute approximate surface area is 111 Å². The van der Waals surface area contributed by atoms with Crippen LogP contribution in [-0.4, -0.2) is 39.2 Å². The molecule has 1 amide bonds. The van der Waals surface area contributed by atoms with Crippen molar-refractivity contribution in [2.75, 3.05) is 27.4 Å². The fraction of sp³-hybridized carbons (Fsp3) is 0.385. The van der Waals surface area contributed by atoms with Crippen LogP contribution in [-0.2, 0) is 9.53 Å². The van der Waals surface area contributed by atoms with Gasteiger partial charge in [-0.1, -0.05) is 0 Å². The molecule has 19 heavy (non-hydrogen) atoms. The zero-order valence-corrected chi connectivity index (χ0v) is 11.2. The Morgan fingerprint density at radius 1 is 1.26 bits per heavy atom. The molecular weight excluding hydrogens is 250 g/mol. The first-order valence-electron chi connectivity index (χ1n) is 5.80. The Kier molecular flexibility index (Phi) is 5.66. The number of hydrogen-bond donors (Lipinski definition) is 1. The predicted molar refractivity (Wildman–Crippen MR) is 68.5 cm³/mol. The summed E-state index contributed by atoms with van der Waals surface area (Å²) in [5.74, 6) is 0.0307. The fourth-order valence-corrected chi connectivity index (χ4v) is 1.36. The van der Waals surface area contributed by atoms with Crippen LogP contribution in [0.3, 0.4) is 0 Å². The topological polar surface area (TPSA) is 73.9 Å². The maximum atomic E-state index is 11.7. The number of carbonyl (C=O) groups is 2. The number of benzene rings is 1. The zero-order valence-electron chi connectivity index (χ0n) is 11.2. The first-order valence-corrected chi connectivity index (χ1v) is 5.80. The molecule has 0 aromatic heterocycles. The molecule has 104 valence electrons. The smallest absolute Gasteiger partial charge is 0.338 e. The molecule has 0 radical (unpaired) electrons. The molecule has 0 heterocycles. The SMILES string of the molecule is CCOc1cc(C(=O)OCC(=O)NC)ccc1OC. The average Bonchev–Trinajstić information content (AvgIpc) is 2.44. The van der Waals surface area contributed by atoms with Crippen LogP contribution in [0.2, 0.25) is 0 Å². The van der Waals surface area contributed by atoms with Gasteiger partial charge in [0.05, 0.1) is 19.3 Å². The quantitative estimate of drug-likeness (QED) is 0.778. The third kappa shape index (κ3) is 4.17. The van der Waals surface area contributed by atoms with Gasteiger partial charge in [0.25, 0.3) is 5.91 Å². The molecule has 0 atom stereocenters. The van der Waals surface area contributed by atoms with E-state index in [-0.39, 0.29) is 12.5 Å². The van der Waals surface area contributed by atoms with Crippen LogP contribution in [0.1, 0.15) is 17.3 Å². The second kappa shape index (κ2) is 7.25. The number of carbonyl (C=O) groups excluding carboxylic acids is 2. The van der Waals surface area contributed by atoms with Gasteiger partial charge in [0.2, 0.25) is 0 Å². The average molecular weight is 267 g/mol. The minimum atomic E-state index is -0.591. The van der Waals surface area contributed by atoms with E-state index < -0.39 is 5.97 Å². The molecule has 1 rings (SSSR count). The summed E-state index contributed by atoms with van der Waals surface area (Å²) in [6.45, 7) is 1.97. The summed E-state index contributed by atoms with van der Waals surface area (Å²) < 4.78 is 15.3.